The molecular weight excluding hydrogens is 272 g/mol. The van der Waals surface area contributed by atoms with Crippen LogP contribution in [0, 0.1) is 0 Å². The van der Waals surface area contributed by atoms with Crippen LogP contribution in [0.1, 0.15) is 46.4 Å². The predicted molar refractivity (Wildman–Crippen MR) is 80.9 cm³/mol. The minimum atomic E-state index is -0.214. The summed E-state index contributed by atoms with van der Waals surface area (Å²) in [6, 6.07) is 5.12. The van der Waals surface area contributed by atoms with Gasteiger partial charge in [0.2, 0.25) is 0 Å². The summed E-state index contributed by atoms with van der Waals surface area (Å²) in [5, 5.41) is 0.340. The summed E-state index contributed by atoms with van der Waals surface area (Å²) in [7, 11) is 0. The lowest BCUT2D eigenvalue weighted by atomic mass is 9.93. The lowest BCUT2D eigenvalue weighted by Gasteiger charge is -2.35. The number of carbonyl (C=O) groups is 2. The second kappa shape index (κ2) is 5.13. The largest absolute Gasteiger partial charge is 0.398 e. The van der Waals surface area contributed by atoms with E-state index in [0.717, 1.165) is 19.3 Å². The van der Waals surface area contributed by atoms with E-state index in [1.165, 1.54) is 11.3 Å². The van der Waals surface area contributed by atoms with Crippen LogP contribution in [-0.4, -0.2) is 34.3 Å². The van der Waals surface area contributed by atoms with Gasteiger partial charge in [-0.05, 0) is 31.2 Å². The van der Waals surface area contributed by atoms with E-state index >= 15 is 0 Å². The van der Waals surface area contributed by atoms with Crippen LogP contribution in [0.25, 0.3) is 0 Å². The molecule has 2 amide bonds. The van der Waals surface area contributed by atoms with Crippen molar-refractivity contribution in [3.8, 4) is 0 Å². The van der Waals surface area contributed by atoms with Crippen molar-refractivity contribution in [2.24, 2.45) is 0 Å². The van der Waals surface area contributed by atoms with Gasteiger partial charge >= 0.3 is 0 Å². The van der Waals surface area contributed by atoms with Gasteiger partial charge in [0, 0.05) is 10.9 Å². The van der Waals surface area contributed by atoms with Crippen LogP contribution < -0.4 is 5.73 Å². The molecule has 1 fully saturated rings. The minimum Gasteiger partial charge on any atom is -0.398 e. The second-order valence-electron chi connectivity index (χ2n) is 5.38. The van der Waals surface area contributed by atoms with Crippen molar-refractivity contribution in [3.63, 3.8) is 0 Å². The molecule has 3 rings (SSSR count). The summed E-state index contributed by atoms with van der Waals surface area (Å²) in [6.07, 6.45) is 6.26. The molecule has 4 nitrogen and oxygen atoms in total. The van der Waals surface area contributed by atoms with E-state index in [-0.39, 0.29) is 17.9 Å². The summed E-state index contributed by atoms with van der Waals surface area (Å²) in [5.41, 5.74) is 7.13. The molecule has 0 bridgehead atoms. The molecule has 2 aliphatic rings. The number of nitrogens with zero attached hydrogens (tertiary/aromatic N) is 1. The van der Waals surface area contributed by atoms with E-state index in [1.54, 1.807) is 30.0 Å². The van der Waals surface area contributed by atoms with Gasteiger partial charge in [-0.25, -0.2) is 0 Å². The quantitative estimate of drug-likeness (QED) is 0.671. The van der Waals surface area contributed by atoms with Gasteiger partial charge in [-0.15, -0.1) is 0 Å². The van der Waals surface area contributed by atoms with Crippen molar-refractivity contribution < 1.29 is 9.59 Å². The maximum Gasteiger partial charge on any atom is 0.263 e. The van der Waals surface area contributed by atoms with Crippen LogP contribution >= 0.6 is 11.8 Å². The molecule has 2 unspecified atom stereocenters. The third-order valence-electron chi connectivity index (χ3n) is 4.28. The lowest BCUT2D eigenvalue weighted by Crippen LogP contribution is -2.47. The Hall–Kier alpha value is -1.49. The van der Waals surface area contributed by atoms with Crippen molar-refractivity contribution in [1.29, 1.82) is 0 Å². The molecule has 0 spiro atoms. The number of thioether (sulfide) groups is 1. The van der Waals surface area contributed by atoms with Gasteiger partial charge in [-0.1, -0.05) is 18.9 Å². The number of carbonyl (C=O) groups excluding carboxylic acids is 2. The summed E-state index contributed by atoms with van der Waals surface area (Å²) in [6.45, 7) is 0. The van der Waals surface area contributed by atoms with Gasteiger partial charge in [-0.2, -0.15) is 11.8 Å². The highest BCUT2D eigenvalue weighted by Gasteiger charge is 2.44. The van der Waals surface area contributed by atoms with Crippen LogP contribution in [0.5, 0.6) is 0 Å². The summed E-state index contributed by atoms with van der Waals surface area (Å²) in [4.78, 5) is 26.6. The van der Waals surface area contributed by atoms with Crippen molar-refractivity contribution in [2.45, 2.75) is 37.0 Å². The molecule has 1 aliphatic carbocycles. The van der Waals surface area contributed by atoms with Crippen LogP contribution in [0.3, 0.4) is 0 Å². The highest BCUT2D eigenvalue weighted by molar-refractivity contribution is 7.99. The molecule has 2 N–H and O–H groups in total. The van der Waals surface area contributed by atoms with E-state index in [4.69, 9.17) is 5.73 Å². The minimum absolute atomic E-state index is 0.00514. The fourth-order valence-electron chi connectivity index (χ4n) is 3.28. The maximum atomic E-state index is 12.6. The number of anilines is 1. The summed E-state index contributed by atoms with van der Waals surface area (Å²) >= 11 is 1.75. The predicted octanol–water partition coefficient (Wildman–Crippen LogP) is 2.54. The zero-order valence-electron chi connectivity index (χ0n) is 11.5. The van der Waals surface area contributed by atoms with Crippen LogP contribution in [-0.2, 0) is 0 Å². The fraction of sp³-hybridized carbons (Fsp3) is 0.467. The number of nitrogens with two attached hydrogens (primary N) is 1. The smallest absolute Gasteiger partial charge is 0.263 e. The fourth-order valence-corrected chi connectivity index (χ4v) is 4.25. The van der Waals surface area contributed by atoms with Gasteiger partial charge in [-0.3, -0.25) is 14.5 Å². The van der Waals surface area contributed by atoms with E-state index in [0.29, 0.717) is 22.1 Å². The first-order valence-electron chi connectivity index (χ1n) is 6.94. The molecule has 1 heterocycles. The number of rotatable bonds is 2. The van der Waals surface area contributed by atoms with Crippen LogP contribution in [0.15, 0.2) is 18.2 Å². The van der Waals surface area contributed by atoms with E-state index in [2.05, 4.69) is 6.26 Å². The topological polar surface area (TPSA) is 63.4 Å². The SMILES string of the molecule is CSC1CCCCC1N1C(=O)c2cccc(N)c2C1=O. The Morgan fingerprint density at radius 2 is 1.95 bits per heavy atom. The first-order valence-corrected chi connectivity index (χ1v) is 8.23. The van der Waals surface area contributed by atoms with E-state index in [9.17, 15) is 9.59 Å². The Balaban J connectivity index is 1.99. The van der Waals surface area contributed by atoms with Crippen molar-refractivity contribution in [1.82, 2.24) is 4.90 Å². The number of hydrogen-bond acceptors (Lipinski definition) is 4. The molecule has 2 atom stereocenters. The van der Waals surface area contributed by atoms with Crippen LogP contribution in [0.4, 0.5) is 5.69 Å². The molecule has 1 saturated carbocycles. The standard InChI is InChI=1S/C15H18N2O2S/c1-20-12-8-3-2-7-11(12)17-14(18)9-5-4-6-10(16)13(9)15(17)19/h4-6,11-12H,2-3,7-8,16H2,1H3. The lowest BCUT2D eigenvalue weighted by molar-refractivity contribution is 0.0556. The normalized spacial score (nSPS) is 25.9. The Morgan fingerprint density at radius 1 is 1.20 bits per heavy atom. The number of imide groups is 1. The Labute approximate surface area is 122 Å². The monoisotopic (exact) mass is 290 g/mol. The van der Waals surface area contributed by atoms with Gasteiger partial charge < -0.3 is 5.73 Å². The highest BCUT2D eigenvalue weighted by Crippen LogP contribution is 2.36. The molecule has 1 aliphatic heterocycles. The van der Waals surface area contributed by atoms with Crippen molar-refractivity contribution in [3.05, 3.63) is 29.3 Å². The zero-order chi connectivity index (χ0) is 14.3. The molecule has 0 saturated heterocycles. The molecular formula is C15H18N2O2S. The third-order valence-corrected chi connectivity index (χ3v) is 5.44. The van der Waals surface area contributed by atoms with Gasteiger partial charge in [0.25, 0.3) is 11.8 Å². The summed E-state index contributed by atoms with van der Waals surface area (Å²) < 4.78 is 0. The van der Waals surface area contributed by atoms with E-state index in [1.807, 2.05) is 0 Å². The third kappa shape index (κ3) is 1.92. The number of benzene rings is 1. The Kier molecular flexibility index (Phi) is 3.46. The van der Waals surface area contributed by atoms with Crippen molar-refractivity contribution in [2.75, 3.05) is 12.0 Å². The van der Waals surface area contributed by atoms with Gasteiger partial charge in [0.15, 0.2) is 0 Å². The number of fused-ring (bicyclic) bond motifs is 1. The summed E-state index contributed by atoms with van der Waals surface area (Å²) in [5.74, 6) is -0.391. The second-order valence-corrected chi connectivity index (χ2v) is 6.45. The highest BCUT2D eigenvalue weighted by atomic mass is 32.2. The average molecular weight is 290 g/mol. The van der Waals surface area contributed by atoms with E-state index < -0.39 is 0 Å². The molecule has 20 heavy (non-hydrogen) atoms. The van der Waals surface area contributed by atoms with Crippen LogP contribution in [0.2, 0.25) is 0 Å². The zero-order valence-corrected chi connectivity index (χ0v) is 12.3. The molecule has 0 aromatic heterocycles. The average Bonchev–Trinajstić information content (AvgIpc) is 2.72. The van der Waals surface area contributed by atoms with Gasteiger partial charge in [0.1, 0.15) is 0 Å². The Bertz CT molecular complexity index is 573. The molecule has 5 heteroatoms. The first-order chi connectivity index (χ1) is 9.65. The maximum absolute atomic E-state index is 12.6. The van der Waals surface area contributed by atoms with Gasteiger partial charge in [0.05, 0.1) is 17.2 Å². The number of nitrogen functional groups attached to an aromatic ring is 1. The van der Waals surface area contributed by atoms with Crippen molar-refractivity contribution >= 4 is 29.3 Å². The number of amides is 2. The number of hydrogen-bond donors (Lipinski definition) is 1. The molecule has 0 radical (unpaired) electrons. The molecule has 106 valence electrons. The molecule has 1 aromatic carbocycles. The Morgan fingerprint density at radius 3 is 2.65 bits per heavy atom. The molecule has 1 aromatic rings. The first kappa shape index (κ1) is 13.5.